The molecule has 1 amide bonds. The lowest BCUT2D eigenvalue weighted by molar-refractivity contribution is -0.139. The van der Waals surface area contributed by atoms with Gasteiger partial charge in [-0.25, -0.2) is 4.99 Å². The van der Waals surface area contributed by atoms with Crippen LogP contribution in [-0.4, -0.2) is 48.9 Å². The van der Waals surface area contributed by atoms with Crippen LogP contribution in [0.1, 0.15) is 24.8 Å². The SMILES string of the molecule is CSc1cccc(-c2ccc3c(c2)[C@]2(C[C@]4(CCCOC4)O3)N=C(N)N(C)C2=O)c1. The molecule has 3 aliphatic heterocycles. The molecule has 3 heterocycles. The molecule has 30 heavy (non-hydrogen) atoms. The molecule has 1 saturated heterocycles. The third-order valence-electron chi connectivity index (χ3n) is 6.33. The molecule has 7 heteroatoms. The Hall–Kier alpha value is -2.51. The first-order valence-corrected chi connectivity index (χ1v) is 11.4. The number of likely N-dealkylation sites (N-methyl/N-ethyl adjacent to an activating group) is 1. The van der Waals surface area contributed by atoms with Gasteiger partial charge in [0, 0.05) is 30.5 Å². The fourth-order valence-corrected chi connectivity index (χ4v) is 5.25. The summed E-state index contributed by atoms with van der Waals surface area (Å²) in [5.74, 6) is 0.829. The van der Waals surface area contributed by atoms with E-state index in [4.69, 9.17) is 20.2 Å². The second kappa shape index (κ2) is 7.03. The zero-order chi connectivity index (χ0) is 20.9. The number of hydrogen-bond donors (Lipinski definition) is 1. The molecule has 1 fully saturated rings. The van der Waals surface area contributed by atoms with Gasteiger partial charge in [0.25, 0.3) is 5.91 Å². The Balaban J connectivity index is 1.67. The van der Waals surface area contributed by atoms with Crippen molar-refractivity contribution in [2.45, 2.75) is 35.3 Å². The molecule has 2 aromatic carbocycles. The Morgan fingerprint density at radius 1 is 1.20 bits per heavy atom. The number of aliphatic imine (C=N–C) groups is 1. The summed E-state index contributed by atoms with van der Waals surface area (Å²) in [5.41, 5.74) is 7.39. The van der Waals surface area contributed by atoms with Crippen LogP contribution < -0.4 is 10.5 Å². The van der Waals surface area contributed by atoms with Crippen LogP contribution in [0.15, 0.2) is 52.4 Å². The van der Waals surface area contributed by atoms with E-state index in [9.17, 15) is 4.79 Å². The van der Waals surface area contributed by atoms with Crippen molar-refractivity contribution in [2.24, 2.45) is 10.7 Å². The van der Waals surface area contributed by atoms with Crippen molar-refractivity contribution in [1.82, 2.24) is 4.90 Å². The van der Waals surface area contributed by atoms with E-state index in [0.29, 0.717) is 18.8 Å². The molecule has 0 aliphatic carbocycles. The van der Waals surface area contributed by atoms with Crippen LogP contribution in [0.2, 0.25) is 0 Å². The Morgan fingerprint density at radius 2 is 2.03 bits per heavy atom. The highest BCUT2D eigenvalue weighted by Gasteiger charge is 2.58. The topological polar surface area (TPSA) is 77.2 Å². The zero-order valence-corrected chi connectivity index (χ0v) is 18.0. The van der Waals surface area contributed by atoms with Gasteiger partial charge in [-0.2, -0.15) is 0 Å². The number of nitrogens with two attached hydrogens (primary N) is 1. The van der Waals surface area contributed by atoms with E-state index in [1.54, 1.807) is 18.8 Å². The lowest BCUT2D eigenvalue weighted by atomic mass is 9.74. The van der Waals surface area contributed by atoms with Crippen LogP contribution in [0.4, 0.5) is 0 Å². The number of benzene rings is 2. The zero-order valence-electron chi connectivity index (χ0n) is 17.2. The second-order valence-electron chi connectivity index (χ2n) is 8.26. The summed E-state index contributed by atoms with van der Waals surface area (Å²) in [6, 6.07) is 14.4. The van der Waals surface area contributed by atoms with Crippen molar-refractivity contribution < 1.29 is 14.3 Å². The Kier molecular flexibility index (Phi) is 4.56. The summed E-state index contributed by atoms with van der Waals surface area (Å²) in [6.07, 6.45) is 4.22. The van der Waals surface area contributed by atoms with Gasteiger partial charge in [-0.1, -0.05) is 18.2 Å². The maximum atomic E-state index is 13.5. The number of rotatable bonds is 2. The molecule has 2 aromatic rings. The van der Waals surface area contributed by atoms with E-state index in [1.165, 1.54) is 9.80 Å². The summed E-state index contributed by atoms with van der Waals surface area (Å²) in [7, 11) is 1.68. The molecule has 0 saturated carbocycles. The third kappa shape index (κ3) is 2.91. The van der Waals surface area contributed by atoms with Gasteiger partial charge >= 0.3 is 0 Å². The summed E-state index contributed by atoms with van der Waals surface area (Å²) < 4.78 is 12.2. The predicted octanol–water partition coefficient (Wildman–Crippen LogP) is 3.39. The number of guanidine groups is 1. The Labute approximate surface area is 180 Å². The van der Waals surface area contributed by atoms with Gasteiger partial charge < -0.3 is 15.2 Å². The van der Waals surface area contributed by atoms with Gasteiger partial charge in [0.15, 0.2) is 11.5 Å². The summed E-state index contributed by atoms with van der Waals surface area (Å²) in [6.45, 7) is 1.17. The molecule has 0 radical (unpaired) electrons. The van der Waals surface area contributed by atoms with E-state index in [-0.39, 0.29) is 11.9 Å². The molecule has 0 unspecified atom stereocenters. The molecular formula is C23H25N3O3S. The van der Waals surface area contributed by atoms with Crippen molar-refractivity contribution in [3.8, 4) is 16.9 Å². The Morgan fingerprint density at radius 3 is 2.73 bits per heavy atom. The molecule has 156 valence electrons. The standard InChI is InChI=1S/C23H25N3O3S/c1-26-20(27)23(25-21(26)24)13-22(9-4-10-28-14-22)29-19-8-7-16(12-18(19)23)15-5-3-6-17(11-15)30-2/h3,5-8,11-12H,4,9-10,13-14H2,1-2H3,(H2,24,25)/t22-,23-/m0/s1. The number of ether oxygens (including phenoxy) is 2. The first-order chi connectivity index (χ1) is 14.5. The highest BCUT2D eigenvalue weighted by atomic mass is 32.2. The van der Waals surface area contributed by atoms with Gasteiger partial charge in [-0.05, 0) is 54.5 Å². The maximum absolute atomic E-state index is 13.5. The number of amides is 1. The van der Waals surface area contributed by atoms with E-state index < -0.39 is 11.1 Å². The first kappa shape index (κ1) is 19.5. The normalized spacial score (nSPS) is 27.9. The first-order valence-electron chi connectivity index (χ1n) is 10.2. The molecule has 5 rings (SSSR count). The van der Waals surface area contributed by atoms with Gasteiger partial charge in [0.2, 0.25) is 0 Å². The van der Waals surface area contributed by atoms with Crippen LogP contribution in [0.3, 0.4) is 0 Å². The summed E-state index contributed by atoms with van der Waals surface area (Å²) >= 11 is 1.70. The minimum atomic E-state index is -1.07. The van der Waals surface area contributed by atoms with Crippen LogP contribution in [0.25, 0.3) is 11.1 Å². The van der Waals surface area contributed by atoms with Crippen LogP contribution in [-0.2, 0) is 15.1 Å². The molecule has 0 aromatic heterocycles. The van der Waals surface area contributed by atoms with Crippen molar-refractivity contribution in [2.75, 3.05) is 26.5 Å². The maximum Gasteiger partial charge on any atom is 0.261 e. The van der Waals surface area contributed by atoms with Gasteiger partial charge in [0.05, 0.1) is 6.61 Å². The average molecular weight is 424 g/mol. The van der Waals surface area contributed by atoms with Gasteiger partial charge in [-0.3, -0.25) is 9.69 Å². The highest BCUT2D eigenvalue weighted by Crippen LogP contribution is 2.51. The van der Waals surface area contributed by atoms with Gasteiger partial charge in [-0.15, -0.1) is 11.8 Å². The minimum absolute atomic E-state index is 0.107. The lowest BCUT2D eigenvalue weighted by Crippen LogP contribution is -2.55. The average Bonchev–Trinajstić information content (AvgIpc) is 2.98. The smallest absolute Gasteiger partial charge is 0.261 e. The largest absolute Gasteiger partial charge is 0.484 e. The number of fused-ring (bicyclic) bond motifs is 2. The van der Waals surface area contributed by atoms with E-state index >= 15 is 0 Å². The number of carbonyl (C=O) groups excluding carboxylic acids is 1. The predicted molar refractivity (Wildman–Crippen MR) is 118 cm³/mol. The monoisotopic (exact) mass is 423 g/mol. The number of hydrogen-bond acceptors (Lipinski definition) is 6. The van der Waals surface area contributed by atoms with Crippen molar-refractivity contribution in [3.05, 3.63) is 48.0 Å². The quantitative estimate of drug-likeness (QED) is 0.750. The fraction of sp³-hybridized carbons (Fsp3) is 0.391. The summed E-state index contributed by atoms with van der Waals surface area (Å²) in [5, 5.41) is 0. The number of carbonyl (C=O) groups is 1. The van der Waals surface area contributed by atoms with Crippen LogP contribution >= 0.6 is 11.8 Å². The van der Waals surface area contributed by atoms with Crippen LogP contribution in [0.5, 0.6) is 5.75 Å². The molecule has 6 nitrogen and oxygen atoms in total. The second-order valence-corrected chi connectivity index (χ2v) is 9.13. The molecule has 2 spiro atoms. The molecule has 0 bridgehead atoms. The molecule has 2 N–H and O–H groups in total. The van der Waals surface area contributed by atoms with Crippen molar-refractivity contribution >= 4 is 23.6 Å². The summed E-state index contributed by atoms with van der Waals surface area (Å²) in [4.78, 5) is 20.8. The van der Waals surface area contributed by atoms with Crippen molar-refractivity contribution in [1.29, 1.82) is 0 Å². The number of nitrogens with zero attached hydrogens (tertiary/aromatic N) is 2. The lowest BCUT2D eigenvalue weighted by Gasteiger charge is -2.46. The fourth-order valence-electron chi connectivity index (χ4n) is 4.79. The van der Waals surface area contributed by atoms with Gasteiger partial charge in [0.1, 0.15) is 11.4 Å². The highest BCUT2D eigenvalue weighted by molar-refractivity contribution is 7.98. The number of thioether (sulfide) groups is 1. The molecular weight excluding hydrogens is 398 g/mol. The third-order valence-corrected chi connectivity index (χ3v) is 7.05. The van der Waals surface area contributed by atoms with E-state index in [0.717, 1.165) is 36.1 Å². The Bertz CT molecular complexity index is 1050. The van der Waals surface area contributed by atoms with E-state index in [2.05, 4.69) is 24.5 Å². The van der Waals surface area contributed by atoms with Crippen LogP contribution in [0, 0.1) is 0 Å². The minimum Gasteiger partial charge on any atom is -0.484 e. The molecule has 3 aliphatic rings. The van der Waals surface area contributed by atoms with Crippen molar-refractivity contribution in [3.63, 3.8) is 0 Å². The molecule has 2 atom stereocenters. The van der Waals surface area contributed by atoms with E-state index in [1.807, 2.05) is 24.3 Å².